The second kappa shape index (κ2) is 22.3. The van der Waals surface area contributed by atoms with Crippen LogP contribution in [-0.4, -0.2) is 59.4 Å². The van der Waals surface area contributed by atoms with Gasteiger partial charge in [0.05, 0.1) is 29.1 Å². The number of carbonyl (C=O) groups is 3. The Balaban J connectivity index is 3.36. The lowest BCUT2D eigenvalue weighted by molar-refractivity contribution is -0.159. The molecule has 13 heteroatoms. The maximum Gasteiger partial charge on any atom is 0.508 e. The minimum Gasteiger partial charge on any atom is -0.460 e. The molecule has 0 saturated heterocycles. The van der Waals surface area contributed by atoms with Crippen molar-refractivity contribution in [1.29, 1.82) is 0 Å². The second-order valence-electron chi connectivity index (χ2n) is 16.1. The van der Waals surface area contributed by atoms with Crippen molar-refractivity contribution in [2.24, 2.45) is 23.2 Å². The van der Waals surface area contributed by atoms with Crippen LogP contribution in [0, 0.1) is 30.1 Å². The Morgan fingerprint density at radius 2 is 1.56 bits per heavy atom. The number of hydrogen-bond acceptors (Lipinski definition) is 9. The predicted molar refractivity (Wildman–Crippen MR) is 228 cm³/mol. The second-order valence-corrected chi connectivity index (χ2v) is 24.4. The average Bonchev–Trinajstić information content (AvgIpc) is 3.48. The number of nitrogens with zero attached hydrogens (tertiary/aromatic N) is 1. The molecule has 0 N–H and O–H groups in total. The summed E-state index contributed by atoms with van der Waals surface area (Å²) in [6.45, 7) is 26.8. The van der Waals surface area contributed by atoms with Gasteiger partial charge in [-0.3, -0.25) is 9.59 Å². The Morgan fingerprint density at radius 3 is 2.06 bits per heavy atom. The van der Waals surface area contributed by atoms with Crippen molar-refractivity contribution in [1.82, 2.24) is 4.98 Å². The predicted octanol–water partition coefficient (Wildman–Crippen LogP) is 12.7. The molecule has 0 aliphatic carbocycles. The topological polar surface area (TPSA) is 101 Å². The van der Waals surface area contributed by atoms with Crippen LogP contribution in [0.5, 0.6) is 0 Å². The standard InChI is InChI=1S/C41H66Cl3NO7SSi/c1-15-54(16-2,17-3)52-34(24-35(46)51-39(10,11)12)40(13,14)37(47)31(8)36(50-38(48)49-26-41(42,43)44)29(6)20-18-19-27(4)21-22-28(5)30(7)23-33-25-53-32(9)45-33/h18-19,21,23,25,28-29,31,34,36H,15-17,20,22,24,26H2,1-14H3/b19-18+,27-21-,30-23+/t28-,29-,31+,34-,36-/m0/s1. The molecule has 0 bridgehead atoms. The summed E-state index contributed by atoms with van der Waals surface area (Å²) in [7, 11) is -2.29. The van der Waals surface area contributed by atoms with Crippen molar-refractivity contribution >= 4 is 78.4 Å². The van der Waals surface area contributed by atoms with Crippen LogP contribution in [-0.2, 0) is 28.2 Å². The smallest absolute Gasteiger partial charge is 0.460 e. The van der Waals surface area contributed by atoms with Gasteiger partial charge in [0.15, 0.2) is 8.32 Å². The molecule has 1 aromatic rings. The molecule has 0 unspecified atom stereocenters. The number of aromatic nitrogens is 1. The lowest BCUT2D eigenvalue weighted by atomic mass is 9.73. The van der Waals surface area contributed by atoms with Gasteiger partial charge in [0.25, 0.3) is 0 Å². The first kappa shape index (κ1) is 50.3. The first-order valence-corrected chi connectivity index (χ1v) is 23.6. The largest absolute Gasteiger partial charge is 0.508 e. The quantitative estimate of drug-likeness (QED) is 0.0522. The van der Waals surface area contributed by atoms with Gasteiger partial charge in [-0.1, -0.05) is 120 Å². The molecule has 0 spiro atoms. The van der Waals surface area contributed by atoms with Gasteiger partial charge in [-0.05, 0) is 90.4 Å². The molecule has 0 aliphatic rings. The van der Waals surface area contributed by atoms with E-state index in [2.05, 4.69) is 57.1 Å². The summed E-state index contributed by atoms with van der Waals surface area (Å²) < 4.78 is 21.7. The van der Waals surface area contributed by atoms with E-state index in [-0.39, 0.29) is 18.1 Å². The number of thiazole rings is 1. The number of ketones is 1. The number of alkyl halides is 3. The number of carbonyl (C=O) groups excluding carboxylic acids is 3. The summed E-state index contributed by atoms with van der Waals surface area (Å²) >= 11 is 19.1. The van der Waals surface area contributed by atoms with Gasteiger partial charge < -0.3 is 18.6 Å². The van der Waals surface area contributed by atoms with Gasteiger partial charge >= 0.3 is 12.1 Å². The van der Waals surface area contributed by atoms with Crippen LogP contribution in [0.3, 0.4) is 0 Å². The molecule has 8 nitrogen and oxygen atoms in total. The van der Waals surface area contributed by atoms with Crippen LogP contribution in [0.4, 0.5) is 4.79 Å². The van der Waals surface area contributed by atoms with Gasteiger partial charge in [-0.15, -0.1) is 11.3 Å². The SMILES string of the molecule is CC[Si](CC)(CC)O[C@@H](CC(=O)OC(C)(C)C)C(C)(C)C(=O)[C@H](C)[C@@H](OC(=O)OCC(Cl)(Cl)Cl)[C@@H](C)C/C=C/C(C)=C\C[C@H](C)/C(C)=C/c1csc(C)n1. The fourth-order valence-corrected chi connectivity index (χ4v) is 9.93. The first-order valence-electron chi connectivity index (χ1n) is 19.1. The van der Waals surface area contributed by atoms with Gasteiger partial charge in [-0.25, -0.2) is 9.78 Å². The van der Waals surface area contributed by atoms with Gasteiger partial charge in [0.2, 0.25) is 3.79 Å². The van der Waals surface area contributed by atoms with Crippen LogP contribution in [0.25, 0.3) is 6.08 Å². The molecule has 1 rings (SSSR count). The molecule has 1 aromatic heterocycles. The molecule has 5 atom stereocenters. The Hall–Kier alpha value is -1.69. The van der Waals surface area contributed by atoms with Crippen LogP contribution in [0.2, 0.25) is 18.1 Å². The van der Waals surface area contributed by atoms with E-state index in [4.69, 9.17) is 53.4 Å². The van der Waals surface area contributed by atoms with Crippen molar-refractivity contribution in [2.75, 3.05) is 6.61 Å². The van der Waals surface area contributed by atoms with E-state index in [0.29, 0.717) is 12.3 Å². The van der Waals surface area contributed by atoms with Crippen LogP contribution in [0.15, 0.2) is 34.8 Å². The first-order chi connectivity index (χ1) is 24.8. The van der Waals surface area contributed by atoms with Gasteiger partial charge in [-0.2, -0.15) is 0 Å². The van der Waals surface area contributed by atoms with Crippen molar-refractivity contribution < 1.29 is 33.0 Å². The molecule has 308 valence electrons. The van der Waals surface area contributed by atoms with Crippen LogP contribution >= 0.6 is 46.1 Å². The highest BCUT2D eigenvalue weighted by atomic mass is 35.6. The van der Waals surface area contributed by atoms with E-state index in [0.717, 1.165) is 40.8 Å². The molecular formula is C41H66Cl3NO7SSi. The highest BCUT2D eigenvalue weighted by molar-refractivity contribution is 7.09. The number of Topliss-reactive ketones (excluding diaryl/α,β-unsaturated/α-hetero) is 1. The zero-order valence-corrected chi connectivity index (χ0v) is 39.2. The number of ether oxygens (including phenoxy) is 3. The number of halogens is 3. The number of rotatable bonds is 21. The molecule has 54 heavy (non-hydrogen) atoms. The maximum absolute atomic E-state index is 14.6. The molecule has 0 aliphatic heterocycles. The lowest BCUT2D eigenvalue weighted by Crippen LogP contribution is -2.52. The fraction of sp³-hybridized carbons (Fsp3) is 0.707. The molecule has 0 fully saturated rings. The van der Waals surface area contributed by atoms with Gasteiger partial charge in [0.1, 0.15) is 24.1 Å². The van der Waals surface area contributed by atoms with Crippen LogP contribution in [0.1, 0.15) is 120 Å². The fourth-order valence-electron chi connectivity index (χ4n) is 6.21. The zero-order valence-electron chi connectivity index (χ0n) is 35.1. The van der Waals surface area contributed by atoms with Crippen molar-refractivity contribution in [2.45, 2.75) is 156 Å². The average molecular weight is 851 g/mol. The van der Waals surface area contributed by atoms with E-state index in [1.165, 1.54) is 5.57 Å². The van der Waals surface area contributed by atoms with Crippen molar-refractivity contribution in [3.05, 3.63) is 45.5 Å². The minimum absolute atomic E-state index is 0.0866. The molecule has 0 radical (unpaired) electrons. The zero-order chi connectivity index (χ0) is 41.7. The summed E-state index contributed by atoms with van der Waals surface area (Å²) in [6.07, 6.45) is 6.97. The third kappa shape index (κ3) is 17.6. The highest BCUT2D eigenvalue weighted by Crippen LogP contribution is 2.38. The molecule has 1 heterocycles. The van der Waals surface area contributed by atoms with Gasteiger partial charge in [0, 0.05) is 10.8 Å². The van der Waals surface area contributed by atoms with E-state index in [9.17, 15) is 14.4 Å². The Kier molecular flexibility index (Phi) is 20.8. The Bertz CT molecular complexity index is 1450. The minimum atomic E-state index is -2.29. The maximum atomic E-state index is 14.6. The third-order valence-electron chi connectivity index (χ3n) is 10.1. The molecule has 0 saturated carbocycles. The van der Waals surface area contributed by atoms with Crippen molar-refractivity contribution in [3.8, 4) is 0 Å². The Morgan fingerprint density at radius 1 is 0.963 bits per heavy atom. The van der Waals surface area contributed by atoms with E-state index in [1.54, 1.807) is 32.1 Å². The summed E-state index contributed by atoms with van der Waals surface area (Å²) in [4.78, 5) is 45.4. The number of hydrogen-bond donors (Lipinski definition) is 0. The normalized spacial score (nSPS) is 16.5. The summed E-state index contributed by atoms with van der Waals surface area (Å²) in [5, 5.41) is 3.11. The highest BCUT2D eigenvalue weighted by Gasteiger charge is 2.48. The van der Waals surface area contributed by atoms with Crippen LogP contribution < -0.4 is 0 Å². The monoisotopic (exact) mass is 849 g/mol. The molecule has 0 amide bonds. The van der Waals surface area contributed by atoms with E-state index in [1.807, 2.05) is 53.7 Å². The summed E-state index contributed by atoms with van der Waals surface area (Å²) in [5.41, 5.74) is 1.50. The third-order valence-corrected chi connectivity index (χ3v) is 15.8. The summed E-state index contributed by atoms with van der Waals surface area (Å²) in [6, 6.07) is 2.51. The van der Waals surface area contributed by atoms with E-state index < -0.39 is 60.0 Å². The number of esters is 1. The Labute approximate surface area is 345 Å². The van der Waals surface area contributed by atoms with Crippen molar-refractivity contribution in [3.63, 3.8) is 0 Å². The van der Waals surface area contributed by atoms with E-state index >= 15 is 0 Å². The molecular weight excluding hydrogens is 785 g/mol. The number of allylic oxidation sites excluding steroid dienone is 5. The summed E-state index contributed by atoms with van der Waals surface area (Å²) in [5.74, 6) is -1.42. The lowest BCUT2D eigenvalue weighted by Gasteiger charge is -2.42. The number of aryl methyl sites for hydroxylation is 1. The molecule has 0 aromatic carbocycles.